The molecule has 0 N–H and O–H groups in total. The number of ether oxygens (including phenoxy) is 1. The molecular formula is C17H31N3O2. The van der Waals surface area contributed by atoms with Crippen LogP contribution in [0.25, 0.3) is 0 Å². The van der Waals surface area contributed by atoms with Crippen LogP contribution in [0.15, 0.2) is 0 Å². The maximum atomic E-state index is 11.8. The average molecular weight is 309 g/mol. The minimum atomic E-state index is 0.139. The van der Waals surface area contributed by atoms with Crippen molar-refractivity contribution in [3.8, 4) is 0 Å². The van der Waals surface area contributed by atoms with Gasteiger partial charge in [0.15, 0.2) is 0 Å². The van der Waals surface area contributed by atoms with Gasteiger partial charge in [-0.1, -0.05) is 0 Å². The van der Waals surface area contributed by atoms with E-state index in [9.17, 15) is 4.79 Å². The molecule has 5 nitrogen and oxygen atoms in total. The van der Waals surface area contributed by atoms with Gasteiger partial charge in [0.1, 0.15) is 6.61 Å². The van der Waals surface area contributed by atoms with E-state index in [1.807, 2.05) is 11.9 Å². The fourth-order valence-electron chi connectivity index (χ4n) is 4.32. The SMILES string of the molecule is CC(C)N1CCC(N2CC[C@@H]3OCC(=O)N(C)[C@H]3CC2)CC1. The normalized spacial score (nSPS) is 33.1. The quantitative estimate of drug-likeness (QED) is 0.767. The van der Waals surface area contributed by atoms with Crippen LogP contribution in [-0.4, -0.2) is 84.7 Å². The summed E-state index contributed by atoms with van der Waals surface area (Å²) in [5, 5.41) is 0. The van der Waals surface area contributed by atoms with Gasteiger partial charge in [-0.2, -0.15) is 0 Å². The summed E-state index contributed by atoms with van der Waals surface area (Å²) in [6.07, 6.45) is 4.92. The van der Waals surface area contributed by atoms with Crippen LogP contribution >= 0.6 is 0 Å². The second-order valence-electron chi connectivity index (χ2n) is 7.40. The van der Waals surface area contributed by atoms with Crippen LogP contribution < -0.4 is 0 Å². The molecule has 3 fully saturated rings. The maximum absolute atomic E-state index is 11.8. The van der Waals surface area contributed by atoms with Gasteiger partial charge < -0.3 is 19.4 Å². The molecular weight excluding hydrogens is 278 g/mol. The Morgan fingerprint density at radius 2 is 1.73 bits per heavy atom. The van der Waals surface area contributed by atoms with Gasteiger partial charge in [-0.3, -0.25) is 4.79 Å². The smallest absolute Gasteiger partial charge is 0.248 e. The van der Waals surface area contributed by atoms with Crippen molar-refractivity contribution in [3.05, 3.63) is 0 Å². The summed E-state index contributed by atoms with van der Waals surface area (Å²) >= 11 is 0. The van der Waals surface area contributed by atoms with Crippen LogP contribution in [0.2, 0.25) is 0 Å². The van der Waals surface area contributed by atoms with E-state index in [4.69, 9.17) is 4.74 Å². The Hall–Kier alpha value is -0.650. The van der Waals surface area contributed by atoms with Crippen LogP contribution in [0.1, 0.15) is 39.5 Å². The fraction of sp³-hybridized carbons (Fsp3) is 0.941. The third-order valence-electron chi connectivity index (χ3n) is 5.90. The van der Waals surface area contributed by atoms with Crippen molar-refractivity contribution in [3.63, 3.8) is 0 Å². The number of morpholine rings is 1. The number of piperidine rings is 1. The van der Waals surface area contributed by atoms with Crippen molar-refractivity contribution in [1.82, 2.24) is 14.7 Å². The summed E-state index contributed by atoms with van der Waals surface area (Å²) in [5.74, 6) is 0.139. The first-order valence-corrected chi connectivity index (χ1v) is 8.91. The number of hydrogen-bond acceptors (Lipinski definition) is 4. The summed E-state index contributed by atoms with van der Waals surface area (Å²) in [6, 6.07) is 1.67. The first-order chi connectivity index (χ1) is 10.6. The van der Waals surface area contributed by atoms with Crippen molar-refractivity contribution in [2.45, 2.75) is 63.8 Å². The lowest BCUT2D eigenvalue weighted by Gasteiger charge is -2.39. The molecule has 0 aromatic carbocycles. The molecule has 0 unspecified atom stereocenters. The largest absolute Gasteiger partial charge is 0.366 e. The summed E-state index contributed by atoms with van der Waals surface area (Å²) in [5.41, 5.74) is 0. The monoisotopic (exact) mass is 309 g/mol. The van der Waals surface area contributed by atoms with Crippen LogP contribution in [-0.2, 0) is 9.53 Å². The predicted octanol–water partition coefficient (Wildman–Crippen LogP) is 1.18. The van der Waals surface area contributed by atoms with E-state index in [0.29, 0.717) is 6.04 Å². The van der Waals surface area contributed by atoms with E-state index >= 15 is 0 Å². The number of likely N-dealkylation sites (tertiary alicyclic amines) is 2. The molecule has 126 valence electrons. The van der Waals surface area contributed by atoms with E-state index in [1.54, 1.807) is 0 Å². The second kappa shape index (κ2) is 6.85. The highest BCUT2D eigenvalue weighted by Crippen LogP contribution is 2.26. The Morgan fingerprint density at radius 3 is 2.41 bits per heavy atom. The molecule has 2 atom stereocenters. The highest BCUT2D eigenvalue weighted by molar-refractivity contribution is 5.78. The highest BCUT2D eigenvalue weighted by Gasteiger charge is 2.37. The molecule has 22 heavy (non-hydrogen) atoms. The molecule has 0 bridgehead atoms. The lowest BCUT2D eigenvalue weighted by atomic mass is 10.0. The van der Waals surface area contributed by atoms with Gasteiger partial charge in [0.25, 0.3) is 0 Å². The van der Waals surface area contributed by atoms with E-state index in [0.717, 1.165) is 32.0 Å². The number of amides is 1. The molecule has 0 aromatic heterocycles. The van der Waals surface area contributed by atoms with Gasteiger partial charge in [0.05, 0.1) is 12.1 Å². The van der Waals surface area contributed by atoms with Crippen molar-refractivity contribution in [2.75, 3.05) is 39.8 Å². The predicted molar refractivity (Wildman–Crippen MR) is 86.8 cm³/mol. The highest BCUT2D eigenvalue weighted by atomic mass is 16.5. The molecule has 3 saturated heterocycles. The number of carbonyl (C=O) groups is 1. The van der Waals surface area contributed by atoms with Crippen LogP contribution in [0.5, 0.6) is 0 Å². The molecule has 3 heterocycles. The number of fused-ring (bicyclic) bond motifs is 1. The van der Waals surface area contributed by atoms with Crippen molar-refractivity contribution < 1.29 is 9.53 Å². The number of nitrogens with zero attached hydrogens (tertiary/aromatic N) is 3. The van der Waals surface area contributed by atoms with E-state index < -0.39 is 0 Å². The molecule has 1 amide bonds. The topological polar surface area (TPSA) is 36.0 Å². The number of likely N-dealkylation sites (N-methyl/N-ethyl adjacent to an activating group) is 1. The summed E-state index contributed by atoms with van der Waals surface area (Å²) < 4.78 is 5.80. The summed E-state index contributed by atoms with van der Waals surface area (Å²) in [4.78, 5) is 19.0. The van der Waals surface area contributed by atoms with Crippen molar-refractivity contribution >= 4 is 5.91 Å². The number of hydrogen-bond donors (Lipinski definition) is 0. The van der Waals surface area contributed by atoms with Gasteiger partial charge in [-0.15, -0.1) is 0 Å². The minimum absolute atomic E-state index is 0.139. The molecule has 3 rings (SSSR count). The summed E-state index contributed by atoms with van der Waals surface area (Å²) in [6.45, 7) is 9.53. The Kier molecular flexibility index (Phi) is 5.05. The molecule has 3 aliphatic rings. The zero-order valence-electron chi connectivity index (χ0n) is 14.3. The molecule has 3 aliphatic heterocycles. The van der Waals surface area contributed by atoms with Gasteiger partial charge in [-0.25, -0.2) is 0 Å². The Balaban J connectivity index is 1.56. The molecule has 0 saturated carbocycles. The molecule has 0 radical (unpaired) electrons. The van der Waals surface area contributed by atoms with Gasteiger partial charge in [-0.05, 0) is 52.6 Å². The number of rotatable bonds is 2. The second-order valence-corrected chi connectivity index (χ2v) is 7.40. The number of carbonyl (C=O) groups excluding carboxylic acids is 1. The van der Waals surface area contributed by atoms with Crippen LogP contribution in [0.3, 0.4) is 0 Å². The lowest BCUT2D eigenvalue weighted by Crippen LogP contribution is -2.52. The third kappa shape index (κ3) is 3.31. The minimum Gasteiger partial charge on any atom is -0.366 e. The van der Waals surface area contributed by atoms with Crippen molar-refractivity contribution in [2.24, 2.45) is 0 Å². The zero-order valence-corrected chi connectivity index (χ0v) is 14.3. The Labute approximate surface area is 134 Å². The van der Waals surface area contributed by atoms with E-state index in [1.165, 1.54) is 25.9 Å². The molecule has 0 aliphatic carbocycles. The van der Waals surface area contributed by atoms with Gasteiger partial charge in [0, 0.05) is 32.2 Å². The van der Waals surface area contributed by atoms with Crippen LogP contribution in [0, 0.1) is 0 Å². The average Bonchev–Trinajstić information content (AvgIpc) is 2.74. The van der Waals surface area contributed by atoms with Gasteiger partial charge in [0.2, 0.25) is 5.91 Å². The van der Waals surface area contributed by atoms with Crippen LogP contribution in [0.4, 0.5) is 0 Å². The maximum Gasteiger partial charge on any atom is 0.248 e. The van der Waals surface area contributed by atoms with E-state index in [-0.39, 0.29) is 24.7 Å². The Morgan fingerprint density at radius 1 is 1.05 bits per heavy atom. The first-order valence-electron chi connectivity index (χ1n) is 8.91. The third-order valence-corrected chi connectivity index (χ3v) is 5.90. The first kappa shape index (κ1) is 16.2. The lowest BCUT2D eigenvalue weighted by molar-refractivity contribution is -0.154. The Bertz CT molecular complexity index is 393. The fourth-order valence-corrected chi connectivity index (χ4v) is 4.32. The molecule has 0 spiro atoms. The van der Waals surface area contributed by atoms with Crippen molar-refractivity contribution in [1.29, 1.82) is 0 Å². The zero-order chi connectivity index (χ0) is 15.7. The van der Waals surface area contributed by atoms with E-state index in [2.05, 4.69) is 23.6 Å². The summed E-state index contributed by atoms with van der Waals surface area (Å²) in [7, 11) is 1.94. The molecule has 0 aromatic rings. The van der Waals surface area contributed by atoms with Gasteiger partial charge >= 0.3 is 0 Å². The molecule has 5 heteroatoms. The standard InChI is InChI=1S/C17H31N3O2/c1-13(2)19-8-4-14(5-9-19)20-10-6-15-16(7-11-20)22-12-17(21)18(15)3/h13-16H,4-12H2,1-3H3/t15-,16-/m0/s1.